The Kier molecular flexibility index (Phi) is 11.0. The molecule has 1 aliphatic rings. The third-order valence-corrected chi connectivity index (χ3v) is 3.88. The van der Waals surface area contributed by atoms with Crippen LogP contribution < -0.4 is 10.6 Å². The molecule has 1 rings (SSSR count). The third kappa shape index (κ3) is 9.79. The number of unbranched alkanes of at least 4 members (excludes halogenated alkanes) is 2. The van der Waals surface area contributed by atoms with Gasteiger partial charge in [-0.3, -0.25) is 9.89 Å². The fourth-order valence-corrected chi connectivity index (χ4v) is 2.77. The van der Waals surface area contributed by atoms with E-state index in [0.29, 0.717) is 5.92 Å². The van der Waals surface area contributed by atoms with Crippen LogP contribution in [-0.2, 0) is 9.47 Å². The average molecular weight is 329 g/mol. The van der Waals surface area contributed by atoms with Crippen molar-refractivity contribution in [3.8, 4) is 0 Å². The van der Waals surface area contributed by atoms with Gasteiger partial charge in [0.2, 0.25) is 0 Å². The van der Waals surface area contributed by atoms with Crippen LogP contribution in [0.5, 0.6) is 0 Å². The van der Waals surface area contributed by atoms with Crippen molar-refractivity contribution in [2.45, 2.75) is 39.2 Å². The van der Waals surface area contributed by atoms with E-state index in [9.17, 15) is 0 Å². The normalized spacial score (nSPS) is 20.0. The van der Waals surface area contributed by atoms with E-state index in [0.717, 1.165) is 64.7 Å². The highest BCUT2D eigenvalue weighted by molar-refractivity contribution is 5.79. The first-order valence-electron chi connectivity index (χ1n) is 8.93. The molecular formula is C17H36N4O2. The summed E-state index contributed by atoms with van der Waals surface area (Å²) in [5, 5.41) is 6.74. The minimum atomic E-state index is 0.239. The fraction of sp³-hybridized carbons (Fsp3) is 0.941. The van der Waals surface area contributed by atoms with Gasteiger partial charge < -0.3 is 20.1 Å². The molecule has 1 fully saturated rings. The molecule has 2 N–H and O–H groups in total. The Balaban J connectivity index is 2.16. The van der Waals surface area contributed by atoms with Gasteiger partial charge in [0.25, 0.3) is 0 Å². The molecule has 0 aromatic rings. The molecule has 0 amide bonds. The van der Waals surface area contributed by atoms with Gasteiger partial charge in [-0.1, -0.05) is 13.8 Å². The summed E-state index contributed by atoms with van der Waals surface area (Å²) in [7, 11) is 3.56. The van der Waals surface area contributed by atoms with Gasteiger partial charge in [0, 0.05) is 53.5 Å². The number of methoxy groups -OCH3 is 1. The number of nitrogens with one attached hydrogen (secondary N) is 2. The zero-order valence-corrected chi connectivity index (χ0v) is 15.4. The molecule has 6 nitrogen and oxygen atoms in total. The third-order valence-electron chi connectivity index (χ3n) is 3.88. The highest BCUT2D eigenvalue weighted by Gasteiger charge is 2.20. The summed E-state index contributed by atoms with van der Waals surface area (Å²) in [5.74, 6) is 1.57. The molecule has 1 atom stereocenters. The maximum Gasteiger partial charge on any atom is 0.191 e. The summed E-state index contributed by atoms with van der Waals surface area (Å²) >= 11 is 0. The lowest BCUT2D eigenvalue weighted by Crippen LogP contribution is -2.50. The van der Waals surface area contributed by atoms with E-state index in [2.05, 4.69) is 34.4 Å². The SMILES string of the molecule is CN=C(NCCCCCOC)NC[C@H]1CN(CC(C)C)CCO1. The Morgan fingerprint density at radius 1 is 1.30 bits per heavy atom. The molecule has 0 aromatic carbocycles. The lowest BCUT2D eigenvalue weighted by Gasteiger charge is -2.34. The van der Waals surface area contributed by atoms with E-state index in [-0.39, 0.29) is 6.10 Å². The Bertz CT molecular complexity index is 324. The van der Waals surface area contributed by atoms with Crippen LogP contribution in [0.2, 0.25) is 0 Å². The molecule has 0 unspecified atom stereocenters. The lowest BCUT2D eigenvalue weighted by atomic mass is 10.2. The van der Waals surface area contributed by atoms with Gasteiger partial charge in [0.05, 0.1) is 12.7 Å². The number of nitrogens with zero attached hydrogens (tertiary/aromatic N) is 2. The van der Waals surface area contributed by atoms with Gasteiger partial charge in [0.15, 0.2) is 5.96 Å². The second-order valence-electron chi connectivity index (χ2n) is 6.58. The van der Waals surface area contributed by atoms with Crippen molar-refractivity contribution in [3.63, 3.8) is 0 Å². The fourth-order valence-electron chi connectivity index (χ4n) is 2.77. The Morgan fingerprint density at radius 2 is 2.13 bits per heavy atom. The number of hydrogen-bond acceptors (Lipinski definition) is 4. The van der Waals surface area contributed by atoms with Crippen LogP contribution >= 0.6 is 0 Å². The predicted molar refractivity (Wildman–Crippen MR) is 96.1 cm³/mol. The second-order valence-corrected chi connectivity index (χ2v) is 6.58. The van der Waals surface area contributed by atoms with E-state index >= 15 is 0 Å². The molecule has 0 radical (unpaired) electrons. The number of aliphatic imine (C=N–C) groups is 1. The van der Waals surface area contributed by atoms with Crippen molar-refractivity contribution in [1.82, 2.24) is 15.5 Å². The van der Waals surface area contributed by atoms with E-state index in [1.165, 1.54) is 6.42 Å². The smallest absolute Gasteiger partial charge is 0.191 e. The molecule has 0 saturated carbocycles. The van der Waals surface area contributed by atoms with Gasteiger partial charge in [0.1, 0.15) is 0 Å². The molecule has 0 aliphatic carbocycles. The van der Waals surface area contributed by atoms with Crippen LogP contribution in [0, 0.1) is 5.92 Å². The number of guanidine groups is 1. The molecule has 0 aromatic heterocycles. The number of ether oxygens (including phenoxy) is 2. The zero-order chi connectivity index (χ0) is 16.9. The first-order chi connectivity index (χ1) is 11.2. The standard InChI is InChI=1S/C17H36N4O2/c1-15(2)13-21-9-11-23-16(14-21)12-20-17(18-3)19-8-6-5-7-10-22-4/h15-16H,5-14H2,1-4H3,(H2,18,19,20)/t16-/m0/s1. The Labute approximate surface area is 142 Å². The molecule has 1 saturated heterocycles. The Hall–Kier alpha value is -0.850. The maximum atomic E-state index is 5.85. The van der Waals surface area contributed by atoms with Crippen molar-refractivity contribution < 1.29 is 9.47 Å². The number of rotatable bonds is 10. The molecular weight excluding hydrogens is 292 g/mol. The monoisotopic (exact) mass is 328 g/mol. The van der Waals surface area contributed by atoms with E-state index in [1.807, 2.05) is 7.05 Å². The van der Waals surface area contributed by atoms with Gasteiger partial charge in [-0.2, -0.15) is 0 Å². The molecule has 6 heteroatoms. The largest absolute Gasteiger partial charge is 0.385 e. The van der Waals surface area contributed by atoms with Crippen LogP contribution in [-0.4, -0.2) is 77.1 Å². The summed E-state index contributed by atoms with van der Waals surface area (Å²) in [6.45, 7) is 11.1. The molecule has 23 heavy (non-hydrogen) atoms. The highest BCUT2D eigenvalue weighted by atomic mass is 16.5. The van der Waals surface area contributed by atoms with Crippen molar-refractivity contribution in [1.29, 1.82) is 0 Å². The Morgan fingerprint density at radius 3 is 2.83 bits per heavy atom. The van der Waals surface area contributed by atoms with Crippen molar-refractivity contribution in [2.75, 3.05) is 60.1 Å². The van der Waals surface area contributed by atoms with Crippen LogP contribution in [0.4, 0.5) is 0 Å². The van der Waals surface area contributed by atoms with E-state index < -0.39 is 0 Å². The van der Waals surface area contributed by atoms with Crippen LogP contribution in [0.15, 0.2) is 4.99 Å². The van der Waals surface area contributed by atoms with Crippen LogP contribution in [0.1, 0.15) is 33.1 Å². The molecule has 1 heterocycles. The van der Waals surface area contributed by atoms with Gasteiger partial charge in [-0.15, -0.1) is 0 Å². The molecule has 0 bridgehead atoms. The second kappa shape index (κ2) is 12.6. The quantitative estimate of drug-likeness (QED) is 0.360. The lowest BCUT2D eigenvalue weighted by molar-refractivity contribution is -0.0284. The predicted octanol–water partition coefficient (Wildman–Crippen LogP) is 1.32. The highest BCUT2D eigenvalue weighted by Crippen LogP contribution is 2.07. The van der Waals surface area contributed by atoms with E-state index in [1.54, 1.807) is 7.11 Å². The maximum absolute atomic E-state index is 5.85. The van der Waals surface area contributed by atoms with Crippen molar-refractivity contribution >= 4 is 5.96 Å². The molecule has 0 spiro atoms. The summed E-state index contributed by atoms with van der Waals surface area (Å²) in [4.78, 5) is 6.77. The average Bonchev–Trinajstić information content (AvgIpc) is 2.53. The van der Waals surface area contributed by atoms with Crippen molar-refractivity contribution in [3.05, 3.63) is 0 Å². The zero-order valence-electron chi connectivity index (χ0n) is 15.4. The first-order valence-corrected chi connectivity index (χ1v) is 8.93. The minimum Gasteiger partial charge on any atom is -0.385 e. The number of morpholine rings is 1. The summed E-state index contributed by atoms with van der Waals surface area (Å²) < 4.78 is 10.9. The summed E-state index contributed by atoms with van der Waals surface area (Å²) in [6, 6.07) is 0. The van der Waals surface area contributed by atoms with Gasteiger partial charge in [-0.05, 0) is 25.2 Å². The summed E-state index contributed by atoms with van der Waals surface area (Å²) in [5.41, 5.74) is 0. The summed E-state index contributed by atoms with van der Waals surface area (Å²) in [6.07, 6.45) is 3.66. The van der Waals surface area contributed by atoms with Crippen LogP contribution in [0.3, 0.4) is 0 Å². The first kappa shape index (κ1) is 20.2. The van der Waals surface area contributed by atoms with E-state index in [4.69, 9.17) is 9.47 Å². The van der Waals surface area contributed by atoms with Crippen LogP contribution in [0.25, 0.3) is 0 Å². The topological polar surface area (TPSA) is 58.1 Å². The van der Waals surface area contributed by atoms with Gasteiger partial charge in [-0.25, -0.2) is 0 Å². The minimum absolute atomic E-state index is 0.239. The van der Waals surface area contributed by atoms with Gasteiger partial charge >= 0.3 is 0 Å². The van der Waals surface area contributed by atoms with Crippen molar-refractivity contribution in [2.24, 2.45) is 10.9 Å². The molecule has 1 aliphatic heterocycles. The number of hydrogen-bond donors (Lipinski definition) is 2. The molecule has 136 valence electrons.